The zero-order chi connectivity index (χ0) is 21.0. The van der Waals surface area contributed by atoms with Gasteiger partial charge in [-0.2, -0.15) is 0 Å². The lowest BCUT2D eigenvalue weighted by atomic mass is 10.0. The number of para-hydroxylation sites is 1. The van der Waals surface area contributed by atoms with Crippen molar-refractivity contribution in [1.29, 1.82) is 0 Å². The summed E-state index contributed by atoms with van der Waals surface area (Å²) in [4.78, 5) is 33.6. The van der Waals surface area contributed by atoms with Crippen LogP contribution in [0.3, 0.4) is 0 Å². The van der Waals surface area contributed by atoms with Gasteiger partial charge >= 0.3 is 0 Å². The molecule has 5 nitrogen and oxygen atoms in total. The number of benzene rings is 2. The zero-order valence-corrected chi connectivity index (χ0v) is 17.6. The Morgan fingerprint density at radius 1 is 1.00 bits per heavy atom. The fourth-order valence-electron chi connectivity index (χ4n) is 3.32. The van der Waals surface area contributed by atoms with E-state index in [-0.39, 0.29) is 18.4 Å². The van der Waals surface area contributed by atoms with Crippen LogP contribution in [0.5, 0.6) is 0 Å². The summed E-state index contributed by atoms with van der Waals surface area (Å²) in [5.41, 5.74) is 2.59. The fraction of sp³-hybridized carbons (Fsp3) is 0.261. The number of hydrogen-bond donors (Lipinski definition) is 0. The molecule has 0 atom stereocenters. The molecule has 3 aromatic rings. The number of amides is 2. The maximum atomic E-state index is 13.3. The predicted octanol–water partition coefficient (Wildman–Crippen LogP) is 4.50. The third-order valence-electron chi connectivity index (χ3n) is 4.93. The van der Waals surface area contributed by atoms with Gasteiger partial charge in [0.15, 0.2) is 0 Å². The van der Waals surface area contributed by atoms with E-state index in [1.807, 2.05) is 56.3 Å². The van der Waals surface area contributed by atoms with Gasteiger partial charge < -0.3 is 9.80 Å². The molecule has 0 unspecified atom stereocenters. The smallest absolute Gasteiger partial charge is 0.254 e. The van der Waals surface area contributed by atoms with E-state index in [4.69, 9.17) is 16.6 Å². The number of rotatable bonds is 6. The SMILES string of the molecule is CCN(CC)C(=O)CN(C)C(=O)c1cc(-c2ccccc2Cl)nc2ccccc12. The van der Waals surface area contributed by atoms with Gasteiger partial charge in [0.05, 0.1) is 23.3 Å². The van der Waals surface area contributed by atoms with Gasteiger partial charge in [0, 0.05) is 36.1 Å². The van der Waals surface area contributed by atoms with Gasteiger partial charge in [0.25, 0.3) is 5.91 Å². The van der Waals surface area contributed by atoms with Crippen LogP contribution in [0, 0.1) is 0 Å². The monoisotopic (exact) mass is 409 g/mol. The number of pyridine rings is 1. The second-order valence-electron chi connectivity index (χ2n) is 6.78. The van der Waals surface area contributed by atoms with Crippen molar-refractivity contribution in [2.75, 3.05) is 26.7 Å². The molecule has 0 saturated heterocycles. The number of halogens is 1. The van der Waals surface area contributed by atoms with Crippen molar-refractivity contribution in [2.45, 2.75) is 13.8 Å². The van der Waals surface area contributed by atoms with Crippen LogP contribution in [0.15, 0.2) is 54.6 Å². The van der Waals surface area contributed by atoms with Crippen molar-refractivity contribution in [1.82, 2.24) is 14.8 Å². The first kappa shape index (κ1) is 20.8. The molecule has 3 rings (SSSR count). The molecule has 0 saturated carbocycles. The molecule has 0 aliphatic carbocycles. The second kappa shape index (κ2) is 9.05. The van der Waals surface area contributed by atoms with Crippen molar-refractivity contribution in [3.05, 3.63) is 65.2 Å². The highest BCUT2D eigenvalue weighted by molar-refractivity contribution is 6.33. The first-order valence-corrected chi connectivity index (χ1v) is 10.0. The van der Waals surface area contributed by atoms with Gasteiger partial charge in [-0.05, 0) is 32.0 Å². The van der Waals surface area contributed by atoms with Gasteiger partial charge in [-0.1, -0.05) is 48.0 Å². The average molecular weight is 410 g/mol. The van der Waals surface area contributed by atoms with Crippen LogP contribution in [0.25, 0.3) is 22.2 Å². The number of carbonyl (C=O) groups excluding carboxylic acids is 2. The molecule has 0 spiro atoms. The molecular formula is C23H24ClN3O2. The van der Waals surface area contributed by atoms with Crippen LogP contribution >= 0.6 is 11.6 Å². The van der Waals surface area contributed by atoms with E-state index in [0.29, 0.717) is 34.9 Å². The lowest BCUT2D eigenvalue weighted by Gasteiger charge is -2.23. The van der Waals surface area contributed by atoms with Gasteiger partial charge in [0.2, 0.25) is 5.91 Å². The highest BCUT2D eigenvalue weighted by atomic mass is 35.5. The number of hydrogen-bond acceptors (Lipinski definition) is 3. The first-order valence-electron chi connectivity index (χ1n) is 9.64. The van der Waals surface area contributed by atoms with E-state index < -0.39 is 0 Å². The summed E-state index contributed by atoms with van der Waals surface area (Å²) in [7, 11) is 1.65. The molecule has 0 fully saturated rings. The minimum Gasteiger partial charge on any atom is -0.342 e. The number of carbonyl (C=O) groups is 2. The van der Waals surface area contributed by atoms with Crippen LogP contribution in [-0.4, -0.2) is 53.3 Å². The minimum atomic E-state index is -0.225. The van der Waals surface area contributed by atoms with Crippen LogP contribution in [0.2, 0.25) is 5.02 Å². The molecule has 0 aliphatic rings. The van der Waals surface area contributed by atoms with Gasteiger partial charge in [-0.15, -0.1) is 0 Å². The number of fused-ring (bicyclic) bond motifs is 1. The Morgan fingerprint density at radius 3 is 2.34 bits per heavy atom. The predicted molar refractivity (Wildman–Crippen MR) is 117 cm³/mol. The Bertz CT molecular complexity index is 1050. The summed E-state index contributed by atoms with van der Waals surface area (Å²) in [5.74, 6) is -0.298. The second-order valence-corrected chi connectivity index (χ2v) is 7.19. The van der Waals surface area contributed by atoms with E-state index in [9.17, 15) is 9.59 Å². The summed E-state index contributed by atoms with van der Waals surface area (Å²) in [6.07, 6.45) is 0. The Hall–Kier alpha value is -2.92. The molecule has 0 N–H and O–H groups in total. The van der Waals surface area contributed by atoms with Gasteiger partial charge in [-0.3, -0.25) is 9.59 Å². The molecule has 0 bridgehead atoms. The van der Waals surface area contributed by atoms with Crippen molar-refractivity contribution < 1.29 is 9.59 Å². The topological polar surface area (TPSA) is 53.5 Å². The van der Waals surface area contributed by atoms with E-state index in [1.54, 1.807) is 24.1 Å². The molecule has 29 heavy (non-hydrogen) atoms. The van der Waals surface area contributed by atoms with Crippen LogP contribution in [0.4, 0.5) is 0 Å². The quantitative estimate of drug-likeness (QED) is 0.602. The number of aromatic nitrogens is 1. The van der Waals surface area contributed by atoms with Crippen molar-refractivity contribution in [2.24, 2.45) is 0 Å². The number of likely N-dealkylation sites (N-methyl/N-ethyl adjacent to an activating group) is 2. The molecule has 150 valence electrons. The van der Waals surface area contributed by atoms with Gasteiger partial charge in [-0.25, -0.2) is 4.98 Å². The molecule has 0 radical (unpaired) electrons. The van der Waals surface area contributed by atoms with E-state index >= 15 is 0 Å². The average Bonchev–Trinajstić information content (AvgIpc) is 2.73. The summed E-state index contributed by atoms with van der Waals surface area (Å²) in [6.45, 7) is 5.11. The molecule has 1 heterocycles. The molecule has 2 aromatic carbocycles. The fourth-order valence-corrected chi connectivity index (χ4v) is 3.55. The van der Waals surface area contributed by atoms with Crippen molar-refractivity contribution in [3.8, 4) is 11.3 Å². The largest absolute Gasteiger partial charge is 0.342 e. The van der Waals surface area contributed by atoms with E-state index in [0.717, 1.165) is 10.9 Å². The first-order chi connectivity index (χ1) is 14.0. The Morgan fingerprint density at radius 2 is 1.66 bits per heavy atom. The van der Waals surface area contributed by atoms with Crippen molar-refractivity contribution >= 4 is 34.3 Å². The lowest BCUT2D eigenvalue weighted by molar-refractivity contribution is -0.131. The normalized spacial score (nSPS) is 10.8. The lowest BCUT2D eigenvalue weighted by Crippen LogP contribution is -2.41. The highest BCUT2D eigenvalue weighted by Gasteiger charge is 2.21. The maximum Gasteiger partial charge on any atom is 0.254 e. The molecular weight excluding hydrogens is 386 g/mol. The molecule has 6 heteroatoms. The van der Waals surface area contributed by atoms with E-state index in [1.165, 1.54) is 4.90 Å². The Balaban J connectivity index is 2.02. The van der Waals surface area contributed by atoms with Crippen LogP contribution in [-0.2, 0) is 4.79 Å². The summed E-state index contributed by atoms with van der Waals surface area (Å²) >= 11 is 6.35. The molecule has 1 aromatic heterocycles. The van der Waals surface area contributed by atoms with E-state index in [2.05, 4.69) is 0 Å². The number of nitrogens with zero attached hydrogens (tertiary/aromatic N) is 3. The third-order valence-corrected chi connectivity index (χ3v) is 5.26. The summed E-state index contributed by atoms with van der Waals surface area (Å²) in [6, 6.07) is 16.7. The molecule has 2 amide bonds. The van der Waals surface area contributed by atoms with Crippen LogP contribution < -0.4 is 0 Å². The Kier molecular flexibility index (Phi) is 6.49. The summed E-state index contributed by atoms with van der Waals surface area (Å²) in [5, 5.41) is 1.31. The maximum absolute atomic E-state index is 13.3. The summed E-state index contributed by atoms with van der Waals surface area (Å²) < 4.78 is 0. The minimum absolute atomic E-state index is 0.0264. The standard InChI is InChI=1S/C23H24ClN3O2/c1-4-27(5-2)22(28)15-26(3)23(29)18-14-21(17-11-6-8-12-19(17)24)25-20-13-9-7-10-16(18)20/h6-14H,4-5,15H2,1-3H3. The Labute approximate surface area is 175 Å². The highest BCUT2D eigenvalue weighted by Crippen LogP contribution is 2.30. The van der Waals surface area contributed by atoms with Gasteiger partial charge in [0.1, 0.15) is 0 Å². The third kappa shape index (κ3) is 4.40. The molecule has 0 aliphatic heterocycles. The van der Waals surface area contributed by atoms with Crippen molar-refractivity contribution in [3.63, 3.8) is 0 Å². The zero-order valence-electron chi connectivity index (χ0n) is 16.9. The van der Waals surface area contributed by atoms with Crippen LogP contribution in [0.1, 0.15) is 24.2 Å².